The van der Waals surface area contributed by atoms with Gasteiger partial charge in [-0.3, -0.25) is 4.79 Å². The normalized spacial score (nSPS) is 16.4. The van der Waals surface area contributed by atoms with Gasteiger partial charge >= 0.3 is 0 Å². The number of rotatable bonds is 6. The Morgan fingerprint density at radius 2 is 2.19 bits per heavy atom. The van der Waals surface area contributed by atoms with E-state index in [0.29, 0.717) is 31.1 Å². The average Bonchev–Trinajstić information content (AvgIpc) is 3.15. The molecule has 1 aliphatic heterocycles. The molecule has 0 aliphatic carbocycles. The summed E-state index contributed by atoms with van der Waals surface area (Å²) in [5.41, 5.74) is 3.69. The SMILES string of the molecule is Cc1cc(C)c2nc(NCCCNC(=O)C3CCCO3)c(C#N)cc2c1. The predicted molar refractivity (Wildman–Crippen MR) is 101 cm³/mol. The minimum absolute atomic E-state index is 0.0324. The van der Waals surface area contributed by atoms with Crippen molar-refractivity contribution in [2.75, 3.05) is 25.0 Å². The summed E-state index contributed by atoms with van der Waals surface area (Å²) >= 11 is 0. The minimum atomic E-state index is -0.290. The molecule has 2 aromatic rings. The molecular formula is C20H24N4O2. The molecule has 1 aromatic heterocycles. The molecule has 2 N–H and O–H groups in total. The molecule has 0 radical (unpaired) electrons. The van der Waals surface area contributed by atoms with Crippen LogP contribution in [0.4, 0.5) is 5.82 Å². The van der Waals surface area contributed by atoms with E-state index in [9.17, 15) is 10.1 Å². The molecule has 26 heavy (non-hydrogen) atoms. The summed E-state index contributed by atoms with van der Waals surface area (Å²) in [6, 6.07) is 8.22. The highest BCUT2D eigenvalue weighted by Gasteiger charge is 2.22. The number of anilines is 1. The standard InChI is InChI=1S/C20H24N4O2/c1-13-9-14(2)18-15(10-13)11-16(12-21)19(24-18)22-6-4-7-23-20(25)17-5-3-8-26-17/h9-11,17H,3-8H2,1-2H3,(H,22,24)(H,23,25). The number of fused-ring (bicyclic) bond motifs is 1. The monoisotopic (exact) mass is 352 g/mol. The number of benzene rings is 1. The molecule has 3 rings (SSSR count). The van der Waals surface area contributed by atoms with Crippen molar-refractivity contribution in [1.29, 1.82) is 5.26 Å². The lowest BCUT2D eigenvalue weighted by Crippen LogP contribution is -2.35. The lowest BCUT2D eigenvalue weighted by Gasteiger charge is -2.12. The van der Waals surface area contributed by atoms with Crippen LogP contribution in [0.3, 0.4) is 0 Å². The van der Waals surface area contributed by atoms with Crippen molar-refractivity contribution in [2.24, 2.45) is 0 Å². The van der Waals surface area contributed by atoms with Gasteiger partial charge in [0.1, 0.15) is 18.0 Å². The van der Waals surface area contributed by atoms with Crippen molar-refractivity contribution >= 4 is 22.6 Å². The molecular weight excluding hydrogens is 328 g/mol. The van der Waals surface area contributed by atoms with E-state index in [4.69, 9.17) is 4.74 Å². The first-order valence-corrected chi connectivity index (χ1v) is 9.04. The summed E-state index contributed by atoms with van der Waals surface area (Å²) in [5.74, 6) is 0.562. The van der Waals surface area contributed by atoms with E-state index in [1.54, 1.807) is 0 Å². The van der Waals surface area contributed by atoms with Gasteiger partial charge in [0.2, 0.25) is 5.91 Å². The van der Waals surface area contributed by atoms with Crippen LogP contribution in [0.5, 0.6) is 0 Å². The van der Waals surface area contributed by atoms with Crippen LogP contribution in [-0.4, -0.2) is 36.7 Å². The second-order valence-corrected chi connectivity index (χ2v) is 6.72. The van der Waals surface area contributed by atoms with Crippen LogP contribution in [0, 0.1) is 25.2 Å². The number of ether oxygens (including phenoxy) is 1. The third kappa shape index (κ3) is 4.12. The molecule has 1 aliphatic rings. The van der Waals surface area contributed by atoms with Crippen LogP contribution < -0.4 is 10.6 Å². The quantitative estimate of drug-likeness (QED) is 0.781. The summed E-state index contributed by atoms with van der Waals surface area (Å²) < 4.78 is 5.36. The van der Waals surface area contributed by atoms with Crippen LogP contribution in [0.15, 0.2) is 18.2 Å². The number of carbonyl (C=O) groups is 1. The summed E-state index contributed by atoms with van der Waals surface area (Å²) in [7, 11) is 0. The fourth-order valence-electron chi connectivity index (χ4n) is 3.28. The highest BCUT2D eigenvalue weighted by Crippen LogP contribution is 2.24. The Hall–Kier alpha value is -2.65. The van der Waals surface area contributed by atoms with Crippen LogP contribution in [0.1, 0.15) is 36.0 Å². The zero-order chi connectivity index (χ0) is 18.5. The number of pyridine rings is 1. The highest BCUT2D eigenvalue weighted by molar-refractivity contribution is 5.86. The van der Waals surface area contributed by atoms with E-state index in [1.165, 1.54) is 0 Å². The van der Waals surface area contributed by atoms with Crippen molar-refractivity contribution in [3.63, 3.8) is 0 Å². The van der Waals surface area contributed by atoms with E-state index in [-0.39, 0.29) is 12.0 Å². The Kier molecular flexibility index (Phi) is 5.69. The molecule has 1 saturated heterocycles. The maximum absolute atomic E-state index is 11.9. The Balaban J connectivity index is 1.58. The van der Waals surface area contributed by atoms with E-state index in [1.807, 2.05) is 26.0 Å². The summed E-state index contributed by atoms with van der Waals surface area (Å²) in [6.07, 6.45) is 2.20. The number of aromatic nitrogens is 1. The molecule has 1 aromatic carbocycles. The molecule has 6 nitrogen and oxygen atoms in total. The number of carbonyl (C=O) groups excluding carboxylic acids is 1. The van der Waals surface area contributed by atoms with Gasteiger partial charge < -0.3 is 15.4 Å². The van der Waals surface area contributed by atoms with Gasteiger partial charge in [-0.25, -0.2) is 4.98 Å². The molecule has 136 valence electrons. The molecule has 1 amide bonds. The molecule has 2 heterocycles. The van der Waals surface area contributed by atoms with Gasteiger partial charge in [-0.1, -0.05) is 11.6 Å². The van der Waals surface area contributed by atoms with Crippen molar-refractivity contribution in [2.45, 2.75) is 39.2 Å². The van der Waals surface area contributed by atoms with Gasteiger partial charge in [0.15, 0.2) is 0 Å². The molecule has 6 heteroatoms. The van der Waals surface area contributed by atoms with Gasteiger partial charge in [0.25, 0.3) is 0 Å². The summed E-state index contributed by atoms with van der Waals surface area (Å²) in [4.78, 5) is 16.5. The van der Waals surface area contributed by atoms with Crippen LogP contribution in [-0.2, 0) is 9.53 Å². The van der Waals surface area contributed by atoms with Gasteiger partial charge in [-0.15, -0.1) is 0 Å². The lowest BCUT2D eigenvalue weighted by molar-refractivity contribution is -0.130. The first-order valence-electron chi connectivity index (χ1n) is 9.04. The molecule has 1 fully saturated rings. The molecule has 1 atom stereocenters. The lowest BCUT2D eigenvalue weighted by atomic mass is 10.1. The Morgan fingerprint density at radius 1 is 1.35 bits per heavy atom. The minimum Gasteiger partial charge on any atom is -0.369 e. The number of nitrogens with one attached hydrogen (secondary N) is 2. The van der Waals surface area contributed by atoms with Crippen molar-refractivity contribution in [3.8, 4) is 6.07 Å². The average molecular weight is 352 g/mol. The largest absolute Gasteiger partial charge is 0.369 e. The maximum atomic E-state index is 11.9. The molecule has 0 spiro atoms. The Morgan fingerprint density at radius 3 is 2.92 bits per heavy atom. The van der Waals surface area contributed by atoms with E-state index >= 15 is 0 Å². The number of nitrogens with zero attached hydrogens (tertiary/aromatic N) is 2. The fourth-order valence-corrected chi connectivity index (χ4v) is 3.28. The zero-order valence-corrected chi connectivity index (χ0v) is 15.3. The number of nitriles is 1. The van der Waals surface area contributed by atoms with E-state index in [0.717, 1.165) is 41.3 Å². The van der Waals surface area contributed by atoms with Crippen molar-refractivity contribution in [1.82, 2.24) is 10.3 Å². The third-order valence-corrected chi connectivity index (χ3v) is 4.54. The van der Waals surface area contributed by atoms with Gasteiger partial charge in [0, 0.05) is 25.1 Å². The first kappa shape index (κ1) is 18.2. The van der Waals surface area contributed by atoms with Crippen molar-refractivity contribution in [3.05, 3.63) is 34.9 Å². The van der Waals surface area contributed by atoms with Gasteiger partial charge in [-0.05, 0) is 50.8 Å². The molecule has 0 saturated carbocycles. The van der Waals surface area contributed by atoms with Crippen LogP contribution >= 0.6 is 0 Å². The zero-order valence-electron chi connectivity index (χ0n) is 15.3. The number of aryl methyl sites for hydroxylation is 2. The van der Waals surface area contributed by atoms with Crippen molar-refractivity contribution < 1.29 is 9.53 Å². The predicted octanol–water partition coefficient (Wildman–Crippen LogP) is 2.82. The molecule has 1 unspecified atom stereocenters. The second kappa shape index (κ2) is 8.15. The third-order valence-electron chi connectivity index (χ3n) is 4.54. The van der Waals surface area contributed by atoms with Crippen LogP contribution in [0.25, 0.3) is 10.9 Å². The highest BCUT2D eigenvalue weighted by atomic mass is 16.5. The van der Waals surface area contributed by atoms with E-state index < -0.39 is 0 Å². The smallest absolute Gasteiger partial charge is 0.249 e. The fraction of sp³-hybridized carbons (Fsp3) is 0.450. The first-order chi connectivity index (χ1) is 12.6. The number of hydrogen-bond acceptors (Lipinski definition) is 5. The maximum Gasteiger partial charge on any atom is 0.249 e. The Bertz CT molecular complexity index is 851. The summed E-state index contributed by atoms with van der Waals surface area (Å²) in [5, 5.41) is 16.5. The Labute approximate surface area is 153 Å². The number of hydrogen-bond donors (Lipinski definition) is 2. The summed E-state index contributed by atoms with van der Waals surface area (Å²) in [6.45, 7) is 5.93. The van der Waals surface area contributed by atoms with Crippen LogP contribution in [0.2, 0.25) is 0 Å². The van der Waals surface area contributed by atoms with Gasteiger partial charge in [-0.2, -0.15) is 5.26 Å². The molecule has 0 bridgehead atoms. The second-order valence-electron chi connectivity index (χ2n) is 6.72. The number of amides is 1. The topological polar surface area (TPSA) is 87.0 Å². The van der Waals surface area contributed by atoms with Gasteiger partial charge in [0.05, 0.1) is 11.1 Å². The van der Waals surface area contributed by atoms with E-state index in [2.05, 4.69) is 27.8 Å².